The Morgan fingerprint density at radius 1 is 1.29 bits per heavy atom. The van der Waals surface area contributed by atoms with Gasteiger partial charge in [0.05, 0.1) is 0 Å². The van der Waals surface area contributed by atoms with Crippen LogP contribution in [0.25, 0.3) is 0 Å². The average molecular weight is 235 g/mol. The molecule has 1 aromatic rings. The van der Waals surface area contributed by atoms with E-state index < -0.39 is 5.60 Å². The third-order valence-electron chi connectivity index (χ3n) is 2.34. The molecular formula is C11H17N5O. The molecule has 1 aliphatic heterocycles. The molecule has 1 aliphatic rings. The number of hydrogen-bond donors (Lipinski definition) is 3. The Balaban J connectivity index is 0.000000686. The molecule has 0 aliphatic carbocycles. The second-order valence-corrected chi connectivity index (χ2v) is 3.84. The van der Waals surface area contributed by atoms with E-state index in [4.69, 9.17) is 15.7 Å². The number of anilines is 1. The van der Waals surface area contributed by atoms with Gasteiger partial charge >= 0.3 is 0 Å². The Hall–Kier alpha value is -1.95. The Morgan fingerprint density at radius 3 is 2.47 bits per heavy atom. The van der Waals surface area contributed by atoms with E-state index in [0.717, 1.165) is 0 Å². The molecule has 0 fully saturated rings. The second kappa shape index (κ2) is 4.92. The van der Waals surface area contributed by atoms with Crippen LogP contribution in [0, 0.1) is 10.9 Å². The number of hydrogen-bond acceptors (Lipinski definition) is 5. The summed E-state index contributed by atoms with van der Waals surface area (Å²) >= 11 is 0. The molecule has 0 radical (unpaired) electrons. The molecule has 0 saturated heterocycles. The van der Waals surface area contributed by atoms with Crippen LogP contribution < -0.4 is 15.5 Å². The monoisotopic (exact) mass is 235 g/mol. The summed E-state index contributed by atoms with van der Waals surface area (Å²) in [6.45, 7) is 3.56. The number of para-hydroxylation sites is 2. The summed E-state index contributed by atoms with van der Waals surface area (Å²) in [7, 11) is 1.50. The lowest BCUT2D eigenvalue weighted by Gasteiger charge is -2.37. The first-order valence-corrected chi connectivity index (χ1v) is 5.18. The molecule has 0 aromatic heterocycles. The standard InChI is InChI=1S/C10H12N4O.CH5N/c1-10(2)9(11)14(13-12)7-5-3-4-6-8(7)15-10;1-2/h3-6,11-12H,1-2H3;2H2,1H3. The summed E-state index contributed by atoms with van der Waals surface area (Å²) in [5, 5.41) is 12.5. The molecule has 0 unspecified atom stereocenters. The molecule has 17 heavy (non-hydrogen) atoms. The van der Waals surface area contributed by atoms with Gasteiger partial charge < -0.3 is 10.5 Å². The molecule has 92 valence electrons. The second-order valence-electron chi connectivity index (χ2n) is 3.84. The van der Waals surface area contributed by atoms with E-state index in [1.807, 2.05) is 18.2 Å². The number of fused-ring (bicyclic) bond motifs is 1. The van der Waals surface area contributed by atoms with E-state index in [9.17, 15) is 0 Å². The molecule has 0 bridgehead atoms. The molecule has 1 aromatic carbocycles. The lowest BCUT2D eigenvalue weighted by Crippen LogP contribution is -2.49. The van der Waals surface area contributed by atoms with Crippen LogP contribution in [0.2, 0.25) is 0 Å². The van der Waals surface area contributed by atoms with Crippen molar-refractivity contribution in [3.05, 3.63) is 24.3 Å². The topological polar surface area (TPSA) is 98.5 Å². The molecule has 4 N–H and O–H groups in total. The smallest absolute Gasteiger partial charge is 0.168 e. The number of nitrogens with zero attached hydrogens (tertiary/aromatic N) is 2. The zero-order valence-corrected chi connectivity index (χ0v) is 10.2. The first-order chi connectivity index (χ1) is 8.06. The number of amidine groups is 1. The average Bonchev–Trinajstić information content (AvgIpc) is 2.33. The zero-order valence-electron chi connectivity index (χ0n) is 10.2. The molecule has 0 saturated carbocycles. The normalized spacial score (nSPS) is 16.2. The highest BCUT2D eigenvalue weighted by atomic mass is 16.5. The van der Waals surface area contributed by atoms with Crippen LogP contribution in [0.15, 0.2) is 29.5 Å². The summed E-state index contributed by atoms with van der Waals surface area (Å²) in [6, 6.07) is 7.26. The summed E-state index contributed by atoms with van der Waals surface area (Å²) < 4.78 is 5.65. The van der Waals surface area contributed by atoms with Crippen LogP contribution in [-0.2, 0) is 0 Å². The van der Waals surface area contributed by atoms with Gasteiger partial charge in [-0.15, -0.1) is 0 Å². The van der Waals surface area contributed by atoms with Gasteiger partial charge in [-0.2, -0.15) is 10.5 Å². The largest absolute Gasteiger partial charge is 0.478 e. The van der Waals surface area contributed by atoms with Crippen molar-refractivity contribution in [2.75, 3.05) is 12.1 Å². The Bertz CT molecular complexity index is 430. The van der Waals surface area contributed by atoms with E-state index in [1.165, 1.54) is 12.1 Å². The van der Waals surface area contributed by atoms with Gasteiger partial charge in [-0.05, 0) is 33.0 Å². The lowest BCUT2D eigenvalue weighted by molar-refractivity contribution is 0.172. The van der Waals surface area contributed by atoms with Crippen molar-refractivity contribution in [2.24, 2.45) is 11.0 Å². The molecule has 2 rings (SSSR count). The maximum absolute atomic E-state index is 7.87. The van der Waals surface area contributed by atoms with Crippen LogP contribution in [0.1, 0.15) is 13.8 Å². The van der Waals surface area contributed by atoms with Crippen LogP contribution >= 0.6 is 0 Å². The highest BCUT2D eigenvalue weighted by molar-refractivity contribution is 6.03. The minimum absolute atomic E-state index is 0.163. The Labute approximate surface area is 100 Å². The third kappa shape index (κ3) is 2.26. The molecule has 0 spiro atoms. The maximum atomic E-state index is 7.87. The van der Waals surface area contributed by atoms with Gasteiger partial charge in [-0.25, -0.2) is 0 Å². The number of nitrogens with two attached hydrogens (primary N) is 1. The van der Waals surface area contributed by atoms with E-state index in [-0.39, 0.29) is 5.84 Å². The quantitative estimate of drug-likeness (QED) is 0.650. The predicted octanol–water partition coefficient (Wildman–Crippen LogP) is 2.16. The van der Waals surface area contributed by atoms with Crippen molar-refractivity contribution < 1.29 is 4.74 Å². The lowest BCUT2D eigenvalue weighted by atomic mass is 10.0. The highest BCUT2D eigenvalue weighted by Gasteiger charge is 2.37. The molecule has 0 atom stereocenters. The third-order valence-corrected chi connectivity index (χ3v) is 2.34. The fraction of sp³-hybridized carbons (Fsp3) is 0.364. The first-order valence-electron chi connectivity index (χ1n) is 5.18. The van der Waals surface area contributed by atoms with Gasteiger partial charge in [0.2, 0.25) is 0 Å². The van der Waals surface area contributed by atoms with Gasteiger partial charge in [0.25, 0.3) is 0 Å². The summed E-state index contributed by atoms with van der Waals surface area (Å²) in [6.07, 6.45) is 0. The molecule has 0 amide bonds. The molecule has 6 heteroatoms. The van der Waals surface area contributed by atoms with Crippen molar-refractivity contribution in [3.63, 3.8) is 0 Å². The van der Waals surface area contributed by atoms with E-state index in [2.05, 4.69) is 11.0 Å². The van der Waals surface area contributed by atoms with Crippen LogP contribution in [0.3, 0.4) is 0 Å². The number of ether oxygens (including phenoxy) is 1. The maximum Gasteiger partial charge on any atom is 0.168 e. The first kappa shape index (κ1) is 13.1. The van der Waals surface area contributed by atoms with Crippen molar-refractivity contribution in [3.8, 4) is 5.75 Å². The van der Waals surface area contributed by atoms with Crippen molar-refractivity contribution in [2.45, 2.75) is 19.4 Å². The van der Waals surface area contributed by atoms with Crippen molar-refractivity contribution in [1.82, 2.24) is 0 Å². The van der Waals surface area contributed by atoms with Crippen LogP contribution in [0.4, 0.5) is 5.69 Å². The predicted molar refractivity (Wildman–Crippen MR) is 66.6 cm³/mol. The van der Waals surface area contributed by atoms with Gasteiger partial charge in [-0.3, -0.25) is 5.41 Å². The molecular weight excluding hydrogens is 218 g/mol. The van der Waals surface area contributed by atoms with E-state index >= 15 is 0 Å². The summed E-state index contributed by atoms with van der Waals surface area (Å²) in [5.41, 5.74) is 11.5. The number of rotatable bonds is 1. The Kier molecular flexibility index (Phi) is 3.80. The minimum atomic E-state index is -0.751. The van der Waals surface area contributed by atoms with Crippen LogP contribution in [-0.4, -0.2) is 18.5 Å². The van der Waals surface area contributed by atoms with Gasteiger partial charge in [0.15, 0.2) is 11.4 Å². The van der Waals surface area contributed by atoms with Crippen molar-refractivity contribution >= 4 is 11.5 Å². The van der Waals surface area contributed by atoms with Gasteiger partial charge in [0.1, 0.15) is 11.4 Å². The number of nitrogens with one attached hydrogen (secondary N) is 2. The number of benzene rings is 1. The van der Waals surface area contributed by atoms with E-state index in [1.54, 1.807) is 19.9 Å². The van der Waals surface area contributed by atoms with Crippen LogP contribution in [0.5, 0.6) is 5.75 Å². The van der Waals surface area contributed by atoms with Crippen molar-refractivity contribution in [1.29, 1.82) is 10.9 Å². The Morgan fingerprint density at radius 2 is 1.88 bits per heavy atom. The SMILES string of the molecule is CC1(C)Oc2ccccc2N(N=N)C1=N.CN. The minimum Gasteiger partial charge on any atom is -0.478 e. The summed E-state index contributed by atoms with van der Waals surface area (Å²) in [5.74, 6) is 0.811. The highest BCUT2D eigenvalue weighted by Crippen LogP contribution is 2.37. The fourth-order valence-electron chi connectivity index (χ4n) is 1.52. The van der Waals surface area contributed by atoms with Gasteiger partial charge in [-0.1, -0.05) is 17.4 Å². The zero-order chi connectivity index (χ0) is 13.1. The van der Waals surface area contributed by atoms with Gasteiger partial charge in [0, 0.05) is 0 Å². The fourth-order valence-corrected chi connectivity index (χ4v) is 1.52. The van der Waals surface area contributed by atoms with E-state index in [0.29, 0.717) is 11.4 Å². The summed E-state index contributed by atoms with van der Waals surface area (Å²) in [4.78, 5) is 0. The molecule has 6 nitrogen and oxygen atoms in total. The molecule has 1 heterocycles.